The fraction of sp³-hybridized carbons (Fsp3) is 0.667. The summed E-state index contributed by atoms with van der Waals surface area (Å²) in [5.41, 5.74) is 3.96. The normalized spacial score (nSPS) is 23.6. The molecule has 1 aliphatic heterocycles. The first kappa shape index (κ1) is 13.5. The molecule has 5 amide bonds. The number of urea groups is 1. The molecule has 2 rings (SSSR count). The molecule has 3 N–H and O–H groups in total. The van der Waals surface area contributed by atoms with Crippen LogP contribution in [0.3, 0.4) is 0 Å². The highest BCUT2D eigenvalue weighted by Gasteiger charge is 2.55. The third kappa shape index (κ3) is 2.09. The van der Waals surface area contributed by atoms with Crippen molar-refractivity contribution in [2.45, 2.75) is 45.1 Å². The van der Waals surface area contributed by atoms with Gasteiger partial charge in [-0.05, 0) is 19.8 Å². The lowest BCUT2D eigenvalue weighted by molar-refractivity contribution is -0.152. The maximum Gasteiger partial charge on any atom is 0.331 e. The van der Waals surface area contributed by atoms with Crippen LogP contribution in [0.25, 0.3) is 0 Å². The van der Waals surface area contributed by atoms with Crippen LogP contribution in [0.5, 0.6) is 0 Å². The minimum atomic E-state index is -1.13. The Kier molecular flexibility index (Phi) is 3.30. The van der Waals surface area contributed by atoms with Crippen LogP contribution in [0.1, 0.15) is 39.0 Å². The van der Waals surface area contributed by atoms with Gasteiger partial charge >= 0.3 is 6.03 Å². The van der Waals surface area contributed by atoms with Gasteiger partial charge in [-0.2, -0.15) is 0 Å². The molecule has 2 fully saturated rings. The molecule has 1 atom stereocenters. The van der Waals surface area contributed by atoms with E-state index in [1.54, 1.807) is 6.92 Å². The predicted octanol–water partition coefficient (Wildman–Crippen LogP) is -0.111. The Hall–Kier alpha value is -1.92. The van der Waals surface area contributed by atoms with E-state index in [4.69, 9.17) is 5.73 Å². The maximum atomic E-state index is 12.5. The van der Waals surface area contributed by atoms with Crippen molar-refractivity contribution in [2.24, 2.45) is 11.1 Å². The van der Waals surface area contributed by atoms with Crippen LogP contribution in [0.2, 0.25) is 0 Å². The second kappa shape index (κ2) is 4.64. The number of hydrogen-bond acceptors (Lipinski definition) is 4. The smallest absolute Gasteiger partial charge is 0.331 e. The molecule has 0 aromatic rings. The van der Waals surface area contributed by atoms with Crippen LogP contribution < -0.4 is 11.1 Å². The molecule has 104 valence electrons. The van der Waals surface area contributed by atoms with E-state index in [2.05, 4.69) is 5.32 Å². The molecule has 0 aromatic heterocycles. The zero-order valence-corrected chi connectivity index (χ0v) is 10.8. The zero-order chi connectivity index (χ0) is 14.2. The highest BCUT2D eigenvalue weighted by Crippen LogP contribution is 2.42. The number of nitrogens with zero attached hydrogens (tertiary/aromatic N) is 1. The Labute approximate surface area is 110 Å². The number of amides is 5. The Balaban J connectivity index is 2.28. The summed E-state index contributed by atoms with van der Waals surface area (Å²) in [5, 5.41) is 2.22. The highest BCUT2D eigenvalue weighted by molar-refractivity contribution is 6.19. The zero-order valence-electron chi connectivity index (χ0n) is 10.8. The lowest BCUT2D eigenvalue weighted by Crippen LogP contribution is -2.65. The van der Waals surface area contributed by atoms with E-state index < -0.39 is 35.2 Å². The maximum absolute atomic E-state index is 12.5. The lowest BCUT2D eigenvalue weighted by atomic mass is 9.81. The van der Waals surface area contributed by atoms with E-state index in [9.17, 15) is 19.2 Å². The summed E-state index contributed by atoms with van der Waals surface area (Å²) in [6.45, 7) is 1.57. The molecule has 0 bridgehead atoms. The van der Waals surface area contributed by atoms with Gasteiger partial charge in [-0.15, -0.1) is 0 Å². The molecule has 7 nitrogen and oxygen atoms in total. The first-order chi connectivity index (χ1) is 8.88. The van der Waals surface area contributed by atoms with E-state index in [1.807, 2.05) is 0 Å². The molecule has 7 heteroatoms. The van der Waals surface area contributed by atoms with E-state index in [1.165, 1.54) is 0 Å². The molecular weight excluding hydrogens is 250 g/mol. The number of carbonyl (C=O) groups excluding carboxylic acids is 4. The van der Waals surface area contributed by atoms with Gasteiger partial charge in [0.25, 0.3) is 0 Å². The van der Waals surface area contributed by atoms with Gasteiger partial charge < -0.3 is 5.73 Å². The van der Waals surface area contributed by atoms with Gasteiger partial charge in [-0.3, -0.25) is 24.6 Å². The molecule has 1 saturated carbocycles. The summed E-state index contributed by atoms with van der Waals surface area (Å²) in [7, 11) is 0. The fourth-order valence-corrected chi connectivity index (χ4v) is 2.90. The molecule has 0 aromatic carbocycles. The number of carbonyl (C=O) groups is 4. The average molecular weight is 267 g/mol. The van der Waals surface area contributed by atoms with Crippen LogP contribution in [0.4, 0.5) is 4.79 Å². The highest BCUT2D eigenvalue weighted by atomic mass is 16.2. The average Bonchev–Trinajstić information content (AvgIpc) is 2.76. The van der Waals surface area contributed by atoms with E-state index in [0.717, 1.165) is 17.7 Å². The van der Waals surface area contributed by atoms with Gasteiger partial charge in [-0.1, -0.05) is 12.8 Å². The van der Waals surface area contributed by atoms with Gasteiger partial charge in [0, 0.05) is 12.5 Å². The van der Waals surface area contributed by atoms with Gasteiger partial charge in [0.05, 0.1) is 0 Å². The van der Waals surface area contributed by atoms with Gasteiger partial charge in [0.2, 0.25) is 17.7 Å². The molecule has 1 spiro atoms. The van der Waals surface area contributed by atoms with Crippen LogP contribution in [-0.4, -0.2) is 34.7 Å². The third-order valence-electron chi connectivity index (χ3n) is 3.90. The third-order valence-corrected chi connectivity index (χ3v) is 3.90. The van der Waals surface area contributed by atoms with Crippen LogP contribution >= 0.6 is 0 Å². The molecule has 1 saturated heterocycles. The SMILES string of the molecule is CC(CC(N)=O)N1C(=O)NC(=O)C2(CCCC2)C1=O. The minimum absolute atomic E-state index is 0.108. The monoisotopic (exact) mass is 267 g/mol. The molecular formula is C12H17N3O4. The molecule has 1 heterocycles. The minimum Gasteiger partial charge on any atom is -0.370 e. The van der Waals surface area contributed by atoms with Crippen molar-refractivity contribution in [1.29, 1.82) is 0 Å². The molecule has 0 radical (unpaired) electrons. The first-order valence-electron chi connectivity index (χ1n) is 6.36. The van der Waals surface area contributed by atoms with Crippen LogP contribution in [0.15, 0.2) is 0 Å². The van der Waals surface area contributed by atoms with Crippen molar-refractivity contribution in [3.05, 3.63) is 0 Å². The van der Waals surface area contributed by atoms with E-state index >= 15 is 0 Å². The van der Waals surface area contributed by atoms with E-state index in [0.29, 0.717) is 12.8 Å². The van der Waals surface area contributed by atoms with Crippen LogP contribution in [0, 0.1) is 5.41 Å². The predicted molar refractivity (Wildman–Crippen MR) is 64.6 cm³/mol. The van der Waals surface area contributed by atoms with Crippen molar-refractivity contribution in [1.82, 2.24) is 10.2 Å². The van der Waals surface area contributed by atoms with Gasteiger partial charge in [-0.25, -0.2) is 4.79 Å². The summed E-state index contributed by atoms with van der Waals surface area (Å²) in [6, 6.07) is -1.41. The number of hydrogen-bond donors (Lipinski definition) is 2. The summed E-state index contributed by atoms with van der Waals surface area (Å²) < 4.78 is 0. The molecule has 1 unspecified atom stereocenters. The van der Waals surface area contributed by atoms with Crippen molar-refractivity contribution >= 4 is 23.8 Å². The van der Waals surface area contributed by atoms with Crippen molar-refractivity contribution in [3.8, 4) is 0 Å². The van der Waals surface area contributed by atoms with Crippen molar-refractivity contribution < 1.29 is 19.2 Å². The second-order valence-electron chi connectivity index (χ2n) is 5.24. The standard InChI is InChI=1S/C12H17N3O4/c1-7(6-8(13)16)15-10(18)12(4-2-3-5-12)9(17)14-11(15)19/h7H,2-6H2,1H3,(H2,13,16)(H,14,17,19). The van der Waals surface area contributed by atoms with Gasteiger partial charge in [0.1, 0.15) is 5.41 Å². The van der Waals surface area contributed by atoms with Crippen molar-refractivity contribution in [2.75, 3.05) is 0 Å². The Morgan fingerprint density at radius 3 is 2.47 bits per heavy atom. The van der Waals surface area contributed by atoms with Crippen LogP contribution in [-0.2, 0) is 14.4 Å². The summed E-state index contributed by atoms with van der Waals surface area (Å²) in [4.78, 5) is 48.1. The lowest BCUT2D eigenvalue weighted by Gasteiger charge is -2.39. The number of barbiturate groups is 1. The number of imide groups is 2. The van der Waals surface area contributed by atoms with E-state index in [-0.39, 0.29) is 6.42 Å². The largest absolute Gasteiger partial charge is 0.370 e. The number of rotatable bonds is 3. The second-order valence-corrected chi connectivity index (χ2v) is 5.24. The Bertz CT molecular complexity index is 454. The summed E-state index contributed by atoms with van der Waals surface area (Å²) in [5.74, 6) is -1.60. The fourth-order valence-electron chi connectivity index (χ4n) is 2.90. The Morgan fingerprint density at radius 1 is 1.37 bits per heavy atom. The Morgan fingerprint density at radius 2 is 1.95 bits per heavy atom. The first-order valence-corrected chi connectivity index (χ1v) is 6.36. The van der Waals surface area contributed by atoms with Crippen molar-refractivity contribution in [3.63, 3.8) is 0 Å². The number of nitrogens with one attached hydrogen (secondary N) is 1. The molecule has 19 heavy (non-hydrogen) atoms. The topological polar surface area (TPSA) is 110 Å². The summed E-state index contributed by atoms with van der Waals surface area (Å²) in [6.07, 6.45) is 2.36. The number of nitrogens with two attached hydrogens (primary N) is 1. The molecule has 1 aliphatic carbocycles. The van der Waals surface area contributed by atoms with Gasteiger partial charge in [0.15, 0.2) is 0 Å². The number of primary amides is 1. The molecule has 2 aliphatic rings. The summed E-state index contributed by atoms with van der Waals surface area (Å²) >= 11 is 0. The quantitative estimate of drug-likeness (QED) is 0.695.